The van der Waals surface area contributed by atoms with Crippen molar-refractivity contribution in [3.05, 3.63) is 59.2 Å². The van der Waals surface area contributed by atoms with E-state index >= 15 is 0 Å². The van der Waals surface area contributed by atoms with E-state index in [9.17, 15) is 9.59 Å². The average Bonchev–Trinajstić information content (AvgIpc) is 2.78. The van der Waals surface area contributed by atoms with Gasteiger partial charge in [0.25, 0.3) is 0 Å². The van der Waals surface area contributed by atoms with Crippen LogP contribution >= 0.6 is 0 Å². The molecule has 35 heavy (non-hydrogen) atoms. The Morgan fingerprint density at radius 3 is 2.23 bits per heavy atom. The van der Waals surface area contributed by atoms with E-state index in [1.165, 1.54) is 0 Å². The van der Waals surface area contributed by atoms with Gasteiger partial charge in [-0.05, 0) is 77.6 Å². The van der Waals surface area contributed by atoms with Gasteiger partial charge >= 0.3 is 0 Å². The second-order valence-electron chi connectivity index (χ2n) is 9.82. The Morgan fingerprint density at radius 2 is 1.63 bits per heavy atom. The summed E-state index contributed by atoms with van der Waals surface area (Å²) >= 11 is 0. The quantitative estimate of drug-likeness (QED) is 0.437. The number of amides is 2. The molecule has 2 rings (SSSR count). The molecule has 0 spiro atoms. The summed E-state index contributed by atoms with van der Waals surface area (Å²) in [4.78, 5) is 28.4. The summed E-state index contributed by atoms with van der Waals surface area (Å²) in [7, 11) is 0. The first-order valence-corrected chi connectivity index (χ1v) is 12.6. The third kappa shape index (κ3) is 8.93. The van der Waals surface area contributed by atoms with Crippen LogP contribution in [0.5, 0.6) is 11.5 Å². The lowest BCUT2D eigenvalue weighted by molar-refractivity contribution is -0.142. The minimum Gasteiger partial charge on any atom is -0.490 e. The van der Waals surface area contributed by atoms with Crippen molar-refractivity contribution in [3.8, 4) is 11.5 Å². The summed E-state index contributed by atoms with van der Waals surface area (Å²) in [5.74, 6) is 1.22. The Bertz CT molecular complexity index is 981. The predicted molar refractivity (Wildman–Crippen MR) is 141 cm³/mol. The fourth-order valence-corrected chi connectivity index (χ4v) is 4.03. The molecule has 0 radical (unpaired) electrons. The summed E-state index contributed by atoms with van der Waals surface area (Å²) < 4.78 is 11.4. The first-order chi connectivity index (χ1) is 16.6. The van der Waals surface area contributed by atoms with Crippen LogP contribution in [0.3, 0.4) is 0 Å². The van der Waals surface area contributed by atoms with Gasteiger partial charge in [0.05, 0.1) is 13.2 Å². The molecule has 0 heterocycles. The van der Waals surface area contributed by atoms with E-state index in [0.717, 1.165) is 16.7 Å². The average molecular weight is 483 g/mol. The second kappa shape index (κ2) is 13.2. The van der Waals surface area contributed by atoms with Crippen LogP contribution in [0.1, 0.15) is 71.1 Å². The molecule has 0 aliphatic rings. The van der Waals surface area contributed by atoms with Gasteiger partial charge in [0.1, 0.15) is 6.04 Å². The number of hydrogen-bond acceptors (Lipinski definition) is 4. The van der Waals surface area contributed by atoms with Gasteiger partial charge in [0.15, 0.2) is 11.5 Å². The van der Waals surface area contributed by atoms with Gasteiger partial charge in [-0.2, -0.15) is 0 Å². The molecule has 0 aromatic heterocycles. The number of hydrogen-bond donors (Lipinski definition) is 1. The van der Waals surface area contributed by atoms with Gasteiger partial charge in [-0.25, -0.2) is 0 Å². The molecule has 0 saturated heterocycles. The number of ether oxygens (including phenoxy) is 2. The van der Waals surface area contributed by atoms with Crippen molar-refractivity contribution < 1.29 is 19.1 Å². The van der Waals surface area contributed by atoms with Gasteiger partial charge in [-0.3, -0.25) is 9.59 Å². The highest BCUT2D eigenvalue weighted by Crippen LogP contribution is 2.29. The first kappa shape index (κ1) is 28.2. The van der Waals surface area contributed by atoms with E-state index in [0.29, 0.717) is 50.5 Å². The molecule has 6 heteroatoms. The highest BCUT2D eigenvalue weighted by molar-refractivity contribution is 5.88. The lowest BCUT2D eigenvalue weighted by Gasteiger charge is -2.33. The SMILES string of the molecule is CCOc1ccc(CCC(=O)N(Cc2cccc(C)c2)C(CC)C(=O)NC(C)(C)C)cc1OCC. The Morgan fingerprint density at radius 1 is 0.943 bits per heavy atom. The normalized spacial score (nSPS) is 12.1. The fourth-order valence-electron chi connectivity index (χ4n) is 4.03. The molecule has 6 nitrogen and oxygen atoms in total. The van der Waals surface area contributed by atoms with Crippen LogP contribution in [0.15, 0.2) is 42.5 Å². The lowest BCUT2D eigenvalue weighted by Crippen LogP contribution is -2.53. The minimum absolute atomic E-state index is 0.0470. The molecule has 192 valence electrons. The molecule has 1 unspecified atom stereocenters. The highest BCUT2D eigenvalue weighted by Gasteiger charge is 2.30. The number of benzene rings is 2. The van der Waals surface area contributed by atoms with E-state index in [-0.39, 0.29) is 17.4 Å². The molecule has 0 fully saturated rings. The predicted octanol–water partition coefficient (Wildman–Crippen LogP) is 5.45. The molecule has 2 amide bonds. The van der Waals surface area contributed by atoms with E-state index in [1.807, 2.05) is 84.9 Å². The molecule has 1 N–H and O–H groups in total. The lowest BCUT2D eigenvalue weighted by atomic mass is 10.0. The van der Waals surface area contributed by atoms with Crippen molar-refractivity contribution in [1.29, 1.82) is 0 Å². The smallest absolute Gasteiger partial charge is 0.243 e. The van der Waals surface area contributed by atoms with E-state index in [4.69, 9.17) is 9.47 Å². The molecule has 0 aliphatic heterocycles. The molecular formula is C29H42N2O4. The van der Waals surface area contributed by atoms with Crippen LogP contribution in [0.25, 0.3) is 0 Å². The largest absolute Gasteiger partial charge is 0.490 e. The number of nitrogens with zero attached hydrogens (tertiary/aromatic N) is 1. The standard InChI is InChI=1S/C29H42N2O4/c1-8-24(28(33)30-29(5,6)7)31(20-23-13-11-12-21(4)18-23)27(32)17-15-22-14-16-25(34-9-2)26(19-22)35-10-3/h11-14,16,18-19,24H,8-10,15,17,20H2,1-7H3,(H,30,33). The maximum absolute atomic E-state index is 13.5. The van der Waals surface area contributed by atoms with Gasteiger partial charge in [-0.1, -0.05) is 42.8 Å². The first-order valence-electron chi connectivity index (χ1n) is 12.6. The van der Waals surface area contributed by atoms with Crippen LogP contribution in [0, 0.1) is 6.92 Å². The van der Waals surface area contributed by atoms with Crippen LogP contribution in [0.4, 0.5) is 0 Å². The summed E-state index contributed by atoms with van der Waals surface area (Å²) in [6.07, 6.45) is 1.38. The molecular weight excluding hydrogens is 440 g/mol. The summed E-state index contributed by atoms with van der Waals surface area (Å²) in [5.41, 5.74) is 2.76. The third-order valence-electron chi connectivity index (χ3n) is 5.55. The van der Waals surface area contributed by atoms with Gasteiger partial charge < -0.3 is 19.7 Å². The molecule has 0 aliphatic carbocycles. The van der Waals surface area contributed by atoms with E-state index < -0.39 is 6.04 Å². The van der Waals surface area contributed by atoms with E-state index in [2.05, 4.69) is 11.4 Å². The zero-order chi connectivity index (χ0) is 26.0. The number of carbonyl (C=O) groups is 2. The Hall–Kier alpha value is -3.02. The molecule has 0 saturated carbocycles. The molecule has 2 aromatic carbocycles. The Labute approximate surface area is 211 Å². The number of nitrogens with one attached hydrogen (secondary N) is 1. The van der Waals surface area contributed by atoms with Crippen LogP contribution in [-0.2, 0) is 22.6 Å². The van der Waals surface area contributed by atoms with Gasteiger partial charge in [0, 0.05) is 18.5 Å². The third-order valence-corrected chi connectivity index (χ3v) is 5.55. The second-order valence-corrected chi connectivity index (χ2v) is 9.82. The highest BCUT2D eigenvalue weighted by atomic mass is 16.5. The van der Waals surface area contributed by atoms with Crippen molar-refractivity contribution in [2.45, 2.75) is 85.9 Å². The maximum atomic E-state index is 13.5. The fraction of sp³-hybridized carbons (Fsp3) is 0.517. The monoisotopic (exact) mass is 482 g/mol. The van der Waals surface area contributed by atoms with Gasteiger partial charge in [0.2, 0.25) is 11.8 Å². The van der Waals surface area contributed by atoms with Crippen molar-refractivity contribution >= 4 is 11.8 Å². The molecule has 2 aromatic rings. The zero-order valence-corrected chi connectivity index (χ0v) is 22.4. The number of carbonyl (C=O) groups excluding carboxylic acids is 2. The molecule has 1 atom stereocenters. The van der Waals surface area contributed by atoms with Crippen molar-refractivity contribution in [3.63, 3.8) is 0 Å². The summed E-state index contributed by atoms with van der Waals surface area (Å²) in [6, 6.07) is 13.3. The van der Waals surface area contributed by atoms with Crippen LogP contribution in [0.2, 0.25) is 0 Å². The number of rotatable bonds is 12. The van der Waals surface area contributed by atoms with Crippen molar-refractivity contribution in [2.24, 2.45) is 0 Å². The van der Waals surface area contributed by atoms with Crippen LogP contribution in [-0.4, -0.2) is 41.5 Å². The van der Waals surface area contributed by atoms with E-state index in [1.54, 1.807) is 4.90 Å². The summed E-state index contributed by atoms with van der Waals surface area (Å²) in [6.45, 7) is 15.2. The Balaban J connectivity index is 2.25. The minimum atomic E-state index is -0.540. The summed E-state index contributed by atoms with van der Waals surface area (Å²) in [5, 5.41) is 3.05. The molecule has 0 bridgehead atoms. The van der Waals surface area contributed by atoms with Crippen molar-refractivity contribution in [2.75, 3.05) is 13.2 Å². The number of aryl methyl sites for hydroxylation is 2. The van der Waals surface area contributed by atoms with Gasteiger partial charge in [-0.15, -0.1) is 0 Å². The topological polar surface area (TPSA) is 67.9 Å². The maximum Gasteiger partial charge on any atom is 0.243 e. The van der Waals surface area contributed by atoms with Crippen molar-refractivity contribution in [1.82, 2.24) is 10.2 Å². The zero-order valence-electron chi connectivity index (χ0n) is 22.4. The van der Waals surface area contributed by atoms with Crippen LogP contribution < -0.4 is 14.8 Å². The Kier molecular flexibility index (Phi) is 10.6.